The highest BCUT2D eigenvalue weighted by Crippen LogP contribution is 2.21. The summed E-state index contributed by atoms with van der Waals surface area (Å²) in [5.41, 5.74) is 1.57. The smallest absolute Gasteiger partial charge is 0.318 e. The van der Waals surface area contributed by atoms with E-state index in [4.69, 9.17) is 4.42 Å². The van der Waals surface area contributed by atoms with Crippen molar-refractivity contribution in [1.29, 1.82) is 0 Å². The maximum absolute atomic E-state index is 11.1. The lowest BCUT2D eigenvalue weighted by molar-refractivity contribution is 0.254. The van der Waals surface area contributed by atoms with Crippen LogP contribution in [0.2, 0.25) is 0 Å². The minimum atomic E-state index is -0.255. The van der Waals surface area contributed by atoms with Gasteiger partial charge in [0.1, 0.15) is 0 Å². The first-order valence-corrected chi connectivity index (χ1v) is 4.77. The molecule has 0 bridgehead atoms. The fourth-order valence-corrected chi connectivity index (χ4v) is 1.30. The molecule has 1 aromatic heterocycles. The zero-order chi connectivity index (χ0) is 11.4. The summed E-state index contributed by atoms with van der Waals surface area (Å²) in [6.07, 6.45) is 2.99. The van der Waals surface area contributed by atoms with Crippen molar-refractivity contribution in [2.75, 3.05) is 12.4 Å². The van der Waals surface area contributed by atoms with Crippen LogP contribution < -0.4 is 10.6 Å². The number of oxazole rings is 1. The van der Waals surface area contributed by atoms with Gasteiger partial charge in [-0.05, 0) is 12.1 Å². The van der Waals surface area contributed by atoms with E-state index in [-0.39, 0.29) is 6.03 Å². The maximum atomic E-state index is 11.1. The monoisotopic (exact) mass is 217 g/mol. The molecular weight excluding hydrogens is 206 g/mol. The van der Waals surface area contributed by atoms with Gasteiger partial charge in [-0.1, -0.05) is 12.1 Å². The predicted octanol–water partition coefficient (Wildman–Crippen LogP) is 2.09. The van der Waals surface area contributed by atoms with Gasteiger partial charge in [0.05, 0.1) is 6.20 Å². The SMILES string of the molecule is CNC(=O)Nc1cccc(-c2cnco2)c1. The van der Waals surface area contributed by atoms with Gasteiger partial charge in [-0.3, -0.25) is 0 Å². The van der Waals surface area contributed by atoms with Gasteiger partial charge >= 0.3 is 6.03 Å². The predicted molar refractivity (Wildman–Crippen MR) is 60.0 cm³/mol. The van der Waals surface area contributed by atoms with Crippen molar-refractivity contribution in [2.24, 2.45) is 0 Å². The van der Waals surface area contributed by atoms with Crippen LogP contribution in [-0.4, -0.2) is 18.1 Å². The molecule has 0 radical (unpaired) electrons. The van der Waals surface area contributed by atoms with E-state index in [0.717, 1.165) is 5.56 Å². The Bertz CT molecular complexity index is 480. The molecule has 0 saturated carbocycles. The summed E-state index contributed by atoms with van der Waals surface area (Å²) in [5.74, 6) is 0.667. The van der Waals surface area contributed by atoms with Crippen LogP contribution in [0.15, 0.2) is 41.3 Å². The molecule has 0 spiro atoms. The second-order valence-corrected chi connectivity index (χ2v) is 3.15. The van der Waals surface area contributed by atoms with E-state index in [1.165, 1.54) is 6.39 Å². The molecule has 2 N–H and O–H groups in total. The first-order valence-electron chi connectivity index (χ1n) is 4.77. The summed E-state index contributed by atoms with van der Waals surface area (Å²) >= 11 is 0. The highest BCUT2D eigenvalue weighted by Gasteiger charge is 2.03. The van der Waals surface area contributed by atoms with Crippen molar-refractivity contribution in [3.63, 3.8) is 0 Å². The maximum Gasteiger partial charge on any atom is 0.318 e. The highest BCUT2D eigenvalue weighted by atomic mass is 16.3. The van der Waals surface area contributed by atoms with Gasteiger partial charge in [0.25, 0.3) is 0 Å². The number of carbonyl (C=O) groups excluding carboxylic acids is 1. The molecule has 0 fully saturated rings. The minimum absolute atomic E-state index is 0.255. The number of aromatic nitrogens is 1. The minimum Gasteiger partial charge on any atom is -0.444 e. The fourth-order valence-electron chi connectivity index (χ4n) is 1.30. The Morgan fingerprint density at radius 2 is 2.31 bits per heavy atom. The molecule has 0 aliphatic carbocycles. The van der Waals surface area contributed by atoms with Crippen molar-refractivity contribution in [1.82, 2.24) is 10.3 Å². The zero-order valence-corrected chi connectivity index (χ0v) is 8.73. The molecule has 2 aromatic rings. The molecule has 2 rings (SSSR count). The topological polar surface area (TPSA) is 67.2 Å². The van der Waals surface area contributed by atoms with Gasteiger partial charge in [-0.15, -0.1) is 0 Å². The third kappa shape index (κ3) is 2.20. The van der Waals surface area contributed by atoms with Crippen LogP contribution in [0.25, 0.3) is 11.3 Å². The van der Waals surface area contributed by atoms with E-state index in [2.05, 4.69) is 15.6 Å². The molecule has 0 saturated heterocycles. The van der Waals surface area contributed by atoms with Crippen LogP contribution >= 0.6 is 0 Å². The number of benzene rings is 1. The van der Waals surface area contributed by atoms with Gasteiger partial charge in [-0.25, -0.2) is 9.78 Å². The van der Waals surface area contributed by atoms with Crippen LogP contribution in [-0.2, 0) is 0 Å². The van der Waals surface area contributed by atoms with Crippen LogP contribution in [0.1, 0.15) is 0 Å². The average molecular weight is 217 g/mol. The number of rotatable bonds is 2. The molecule has 16 heavy (non-hydrogen) atoms. The Labute approximate surface area is 92.5 Å². The molecule has 82 valence electrons. The molecule has 5 nitrogen and oxygen atoms in total. The number of urea groups is 1. The fraction of sp³-hybridized carbons (Fsp3) is 0.0909. The molecule has 1 heterocycles. The third-order valence-corrected chi connectivity index (χ3v) is 2.06. The number of hydrogen-bond donors (Lipinski definition) is 2. The van der Waals surface area contributed by atoms with Crippen LogP contribution in [0.5, 0.6) is 0 Å². The first-order chi connectivity index (χ1) is 7.79. The lowest BCUT2D eigenvalue weighted by atomic mass is 10.1. The Balaban J connectivity index is 2.23. The largest absolute Gasteiger partial charge is 0.444 e. The summed E-state index contributed by atoms with van der Waals surface area (Å²) in [7, 11) is 1.57. The number of nitrogens with zero attached hydrogens (tertiary/aromatic N) is 1. The Kier molecular flexibility index (Phi) is 2.86. The van der Waals surface area contributed by atoms with Gasteiger partial charge in [0.15, 0.2) is 12.2 Å². The van der Waals surface area contributed by atoms with Crippen molar-refractivity contribution in [2.45, 2.75) is 0 Å². The average Bonchev–Trinajstić information content (AvgIpc) is 2.83. The standard InChI is InChI=1S/C11H11N3O2/c1-12-11(15)14-9-4-2-3-8(5-9)10-6-13-7-16-10/h2-7H,1H3,(H2,12,14,15). The van der Waals surface area contributed by atoms with E-state index in [9.17, 15) is 4.79 Å². The van der Waals surface area contributed by atoms with E-state index >= 15 is 0 Å². The molecule has 0 atom stereocenters. The van der Waals surface area contributed by atoms with Gasteiger partial charge in [-0.2, -0.15) is 0 Å². The van der Waals surface area contributed by atoms with Crippen molar-refractivity contribution >= 4 is 11.7 Å². The van der Waals surface area contributed by atoms with Crippen molar-refractivity contribution in [3.05, 3.63) is 36.9 Å². The normalized spacial score (nSPS) is 9.81. The summed E-state index contributed by atoms with van der Waals surface area (Å²) in [5, 5.41) is 5.16. The number of nitrogens with one attached hydrogen (secondary N) is 2. The lowest BCUT2D eigenvalue weighted by Crippen LogP contribution is -2.24. The highest BCUT2D eigenvalue weighted by molar-refractivity contribution is 5.89. The van der Waals surface area contributed by atoms with Gasteiger partial charge < -0.3 is 15.1 Å². The molecule has 1 aromatic carbocycles. The number of carbonyl (C=O) groups is 1. The second kappa shape index (κ2) is 4.48. The van der Waals surface area contributed by atoms with Gasteiger partial charge in [0.2, 0.25) is 0 Å². The lowest BCUT2D eigenvalue weighted by Gasteiger charge is -2.05. The number of anilines is 1. The summed E-state index contributed by atoms with van der Waals surface area (Å²) in [4.78, 5) is 15.0. The van der Waals surface area contributed by atoms with E-state index < -0.39 is 0 Å². The zero-order valence-electron chi connectivity index (χ0n) is 8.73. The Hall–Kier alpha value is -2.30. The van der Waals surface area contributed by atoms with Crippen LogP contribution in [0.3, 0.4) is 0 Å². The first kappa shape index (κ1) is 10.2. The molecule has 2 amide bonds. The summed E-state index contributed by atoms with van der Waals surface area (Å²) in [6, 6.07) is 7.08. The molecule has 0 unspecified atom stereocenters. The number of hydrogen-bond acceptors (Lipinski definition) is 3. The van der Waals surface area contributed by atoms with Crippen molar-refractivity contribution < 1.29 is 9.21 Å². The van der Waals surface area contributed by atoms with Gasteiger partial charge in [0, 0.05) is 18.3 Å². The van der Waals surface area contributed by atoms with Crippen LogP contribution in [0, 0.1) is 0 Å². The van der Waals surface area contributed by atoms with Crippen molar-refractivity contribution in [3.8, 4) is 11.3 Å². The summed E-state index contributed by atoms with van der Waals surface area (Å²) in [6.45, 7) is 0. The molecule has 0 aliphatic heterocycles. The number of amides is 2. The van der Waals surface area contributed by atoms with E-state index in [1.807, 2.05) is 18.2 Å². The Morgan fingerprint density at radius 3 is 3.00 bits per heavy atom. The third-order valence-electron chi connectivity index (χ3n) is 2.06. The molecule has 0 aliphatic rings. The molecule has 5 heteroatoms. The molecular formula is C11H11N3O2. The Morgan fingerprint density at radius 1 is 1.44 bits per heavy atom. The summed E-state index contributed by atoms with van der Waals surface area (Å²) < 4.78 is 5.17. The second-order valence-electron chi connectivity index (χ2n) is 3.15. The van der Waals surface area contributed by atoms with E-state index in [1.54, 1.807) is 19.3 Å². The van der Waals surface area contributed by atoms with E-state index in [0.29, 0.717) is 11.4 Å². The van der Waals surface area contributed by atoms with Crippen LogP contribution in [0.4, 0.5) is 10.5 Å². The quantitative estimate of drug-likeness (QED) is 0.809.